The van der Waals surface area contributed by atoms with Gasteiger partial charge in [0.15, 0.2) is 5.65 Å². The Bertz CT molecular complexity index is 888. The summed E-state index contributed by atoms with van der Waals surface area (Å²) in [5, 5.41) is 7.51. The van der Waals surface area contributed by atoms with Gasteiger partial charge in [0.25, 0.3) is 5.91 Å². The number of hydrogen-bond donors (Lipinski definition) is 1. The molecule has 7 nitrogen and oxygen atoms in total. The summed E-state index contributed by atoms with van der Waals surface area (Å²) in [6.07, 6.45) is 5.39. The van der Waals surface area contributed by atoms with E-state index in [1.807, 2.05) is 30.7 Å². The zero-order chi connectivity index (χ0) is 18.2. The minimum Gasteiger partial charge on any atom is -0.346 e. The molecule has 0 saturated heterocycles. The third kappa shape index (κ3) is 3.70. The molecule has 0 aromatic carbocycles. The van der Waals surface area contributed by atoms with Crippen molar-refractivity contribution in [3.05, 3.63) is 47.9 Å². The van der Waals surface area contributed by atoms with E-state index in [1.165, 1.54) is 0 Å². The number of nitrogens with one attached hydrogen (secondary N) is 1. The highest BCUT2D eigenvalue weighted by Gasteiger charge is 2.27. The molecular formula is C18H24N6O. The Hall–Kier alpha value is -2.70. The third-order valence-electron chi connectivity index (χ3n) is 4.26. The van der Waals surface area contributed by atoms with Crippen LogP contribution in [0.15, 0.2) is 30.9 Å². The topological polar surface area (TPSA) is 77.1 Å². The van der Waals surface area contributed by atoms with Gasteiger partial charge in [-0.1, -0.05) is 20.8 Å². The molecule has 0 fully saturated rings. The van der Waals surface area contributed by atoms with Crippen LogP contribution in [0.4, 0.5) is 0 Å². The number of aromatic nitrogens is 5. The predicted molar refractivity (Wildman–Crippen MR) is 95.4 cm³/mol. The van der Waals surface area contributed by atoms with Crippen molar-refractivity contribution in [1.29, 1.82) is 0 Å². The number of rotatable bonds is 4. The summed E-state index contributed by atoms with van der Waals surface area (Å²) in [6.45, 7) is 10.8. The SMILES string of the molecule is Cc1cc2nc(C(=O)N[C@@H](Cn3ccnc3)C(C)(C)C)cc(C)n2n1. The molecule has 1 atom stereocenters. The Morgan fingerprint density at radius 3 is 2.68 bits per heavy atom. The quantitative estimate of drug-likeness (QED) is 0.791. The van der Waals surface area contributed by atoms with Crippen molar-refractivity contribution in [2.24, 2.45) is 5.41 Å². The average molecular weight is 340 g/mol. The van der Waals surface area contributed by atoms with Gasteiger partial charge in [0.2, 0.25) is 0 Å². The molecule has 0 spiro atoms. The smallest absolute Gasteiger partial charge is 0.270 e. The van der Waals surface area contributed by atoms with Crippen LogP contribution in [0.2, 0.25) is 0 Å². The summed E-state index contributed by atoms with van der Waals surface area (Å²) >= 11 is 0. The van der Waals surface area contributed by atoms with Crippen LogP contribution in [0.1, 0.15) is 42.6 Å². The van der Waals surface area contributed by atoms with Gasteiger partial charge in [-0.3, -0.25) is 4.79 Å². The lowest BCUT2D eigenvalue weighted by Crippen LogP contribution is -2.46. The van der Waals surface area contributed by atoms with Gasteiger partial charge in [-0.25, -0.2) is 14.5 Å². The number of nitrogens with zero attached hydrogens (tertiary/aromatic N) is 5. The van der Waals surface area contributed by atoms with Crippen LogP contribution in [0.5, 0.6) is 0 Å². The number of carbonyl (C=O) groups is 1. The van der Waals surface area contributed by atoms with Crippen LogP contribution < -0.4 is 5.32 Å². The molecular weight excluding hydrogens is 316 g/mol. The van der Waals surface area contributed by atoms with Crippen molar-refractivity contribution >= 4 is 11.6 Å². The number of imidazole rings is 1. The van der Waals surface area contributed by atoms with E-state index in [4.69, 9.17) is 0 Å². The maximum absolute atomic E-state index is 12.8. The molecule has 1 amide bonds. The fourth-order valence-electron chi connectivity index (χ4n) is 2.73. The molecule has 3 aromatic rings. The molecule has 0 saturated carbocycles. The zero-order valence-corrected chi connectivity index (χ0v) is 15.3. The number of amides is 1. The van der Waals surface area contributed by atoms with Gasteiger partial charge in [0.05, 0.1) is 18.1 Å². The molecule has 25 heavy (non-hydrogen) atoms. The molecule has 3 heterocycles. The van der Waals surface area contributed by atoms with Crippen LogP contribution in [0, 0.1) is 19.3 Å². The van der Waals surface area contributed by atoms with Crippen LogP contribution in [0.3, 0.4) is 0 Å². The van der Waals surface area contributed by atoms with Gasteiger partial charge >= 0.3 is 0 Å². The minimum absolute atomic E-state index is 0.0563. The van der Waals surface area contributed by atoms with Crippen LogP contribution in [0.25, 0.3) is 5.65 Å². The molecule has 0 aliphatic carbocycles. The van der Waals surface area contributed by atoms with Crippen molar-refractivity contribution in [3.8, 4) is 0 Å². The first kappa shape index (κ1) is 17.1. The van der Waals surface area contributed by atoms with E-state index in [1.54, 1.807) is 23.1 Å². The first-order valence-electron chi connectivity index (χ1n) is 8.34. The van der Waals surface area contributed by atoms with E-state index in [0.29, 0.717) is 17.9 Å². The second kappa shape index (κ2) is 6.31. The zero-order valence-electron chi connectivity index (χ0n) is 15.3. The lowest BCUT2D eigenvalue weighted by Gasteiger charge is -2.31. The summed E-state index contributed by atoms with van der Waals surface area (Å²) in [6, 6.07) is 3.58. The highest BCUT2D eigenvalue weighted by molar-refractivity contribution is 5.93. The number of carbonyl (C=O) groups excluding carboxylic acids is 1. The normalized spacial score (nSPS) is 13.2. The highest BCUT2D eigenvalue weighted by Crippen LogP contribution is 2.21. The van der Waals surface area contributed by atoms with E-state index < -0.39 is 0 Å². The first-order chi connectivity index (χ1) is 11.7. The van der Waals surface area contributed by atoms with E-state index in [9.17, 15) is 4.79 Å². The van der Waals surface area contributed by atoms with Crippen LogP contribution >= 0.6 is 0 Å². The summed E-state index contributed by atoms with van der Waals surface area (Å²) in [5.41, 5.74) is 2.74. The largest absolute Gasteiger partial charge is 0.346 e. The molecule has 0 radical (unpaired) electrons. The molecule has 0 aliphatic rings. The minimum atomic E-state index is -0.176. The molecule has 0 unspecified atom stereocenters. The lowest BCUT2D eigenvalue weighted by atomic mass is 9.86. The van der Waals surface area contributed by atoms with Gasteiger partial charge in [-0.05, 0) is 25.3 Å². The van der Waals surface area contributed by atoms with E-state index in [2.05, 4.69) is 41.2 Å². The molecule has 132 valence electrons. The maximum Gasteiger partial charge on any atom is 0.270 e. The van der Waals surface area contributed by atoms with Crippen LogP contribution in [-0.4, -0.2) is 36.1 Å². The fourth-order valence-corrected chi connectivity index (χ4v) is 2.73. The summed E-state index contributed by atoms with van der Waals surface area (Å²) < 4.78 is 3.72. The summed E-state index contributed by atoms with van der Waals surface area (Å²) in [4.78, 5) is 21.3. The monoisotopic (exact) mass is 340 g/mol. The molecule has 0 aliphatic heterocycles. The Morgan fingerprint density at radius 1 is 1.28 bits per heavy atom. The second-order valence-electron chi connectivity index (χ2n) is 7.49. The average Bonchev–Trinajstić information content (AvgIpc) is 3.14. The number of fused-ring (bicyclic) bond motifs is 1. The maximum atomic E-state index is 12.8. The van der Waals surface area contributed by atoms with E-state index in [-0.39, 0.29) is 17.4 Å². The Balaban J connectivity index is 1.85. The Labute approximate surface area is 147 Å². The van der Waals surface area contributed by atoms with Crippen molar-refractivity contribution in [3.63, 3.8) is 0 Å². The van der Waals surface area contributed by atoms with Crippen LogP contribution in [-0.2, 0) is 6.54 Å². The molecule has 3 aromatic heterocycles. The van der Waals surface area contributed by atoms with Gasteiger partial charge < -0.3 is 9.88 Å². The number of aryl methyl sites for hydroxylation is 2. The summed E-state index contributed by atoms with van der Waals surface area (Å²) in [5.74, 6) is -0.176. The Kier molecular flexibility index (Phi) is 4.32. The number of hydrogen-bond acceptors (Lipinski definition) is 4. The second-order valence-corrected chi connectivity index (χ2v) is 7.49. The van der Waals surface area contributed by atoms with Gasteiger partial charge in [-0.2, -0.15) is 5.10 Å². The molecule has 1 N–H and O–H groups in total. The predicted octanol–water partition coefficient (Wildman–Crippen LogP) is 2.39. The molecule has 7 heteroatoms. The van der Waals surface area contributed by atoms with Gasteiger partial charge in [0, 0.05) is 30.7 Å². The van der Waals surface area contributed by atoms with Crippen molar-refractivity contribution in [2.45, 2.75) is 47.2 Å². The molecule has 0 bridgehead atoms. The lowest BCUT2D eigenvalue weighted by molar-refractivity contribution is 0.0887. The first-order valence-corrected chi connectivity index (χ1v) is 8.34. The standard InChI is InChI=1S/C18H24N6O/c1-12-8-16-20-14(9-13(2)24(16)22-12)17(25)21-15(18(3,4)5)10-23-7-6-19-11-23/h6-9,11,15H,10H2,1-5H3,(H,21,25)/t15-/m0/s1. The van der Waals surface area contributed by atoms with Crippen molar-refractivity contribution in [2.75, 3.05) is 0 Å². The molecule has 3 rings (SSSR count). The Morgan fingerprint density at radius 2 is 2.04 bits per heavy atom. The fraction of sp³-hybridized carbons (Fsp3) is 0.444. The van der Waals surface area contributed by atoms with E-state index >= 15 is 0 Å². The third-order valence-corrected chi connectivity index (χ3v) is 4.26. The van der Waals surface area contributed by atoms with Crippen molar-refractivity contribution < 1.29 is 4.79 Å². The van der Waals surface area contributed by atoms with Gasteiger partial charge in [0.1, 0.15) is 5.69 Å². The van der Waals surface area contributed by atoms with Gasteiger partial charge in [-0.15, -0.1) is 0 Å². The van der Waals surface area contributed by atoms with E-state index in [0.717, 1.165) is 11.4 Å². The summed E-state index contributed by atoms with van der Waals surface area (Å²) in [7, 11) is 0. The van der Waals surface area contributed by atoms with Crippen molar-refractivity contribution in [1.82, 2.24) is 29.5 Å². The highest BCUT2D eigenvalue weighted by atomic mass is 16.2.